The molecule has 2 aliphatic carbocycles. The van der Waals surface area contributed by atoms with Crippen LogP contribution in [0.5, 0.6) is 0 Å². The van der Waals surface area contributed by atoms with E-state index in [1.807, 2.05) is 0 Å². The van der Waals surface area contributed by atoms with Gasteiger partial charge in [-0.3, -0.25) is 4.79 Å². The topological polar surface area (TPSA) is 20.3 Å². The third kappa shape index (κ3) is 2.19. The summed E-state index contributed by atoms with van der Waals surface area (Å²) in [6, 6.07) is 1.00. The molecule has 0 spiro atoms. The zero-order valence-corrected chi connectivity index (χ0v) is 10.2. The van der Waals surface area contributed by atoms with E-state index in [4.69, 9.17) is 0 Å². The fourth-order valence-corrected chi connectivity index (χ4v) is 2.25. The Bertz CT molecular complexity index is 241. The van der Waals surface area contributed by atoms with Crippen molar-refractivity contribution in [2.75, 3.05) is 0 Å². The Hall–Kier alpha value is -0.530. The van der Waals surface area contributed by atoms with Gasteiger partial charge in [0.1, 0.15) is 0 Å². The van der Waals surface area contributed by atoms with E-state index in [0.717, 1.165) is 12.8 Å². The summed E-state index contributed by atoms with van der Waals surface area (Å²) in [5.41, 5.74) is 0. The van der Waals surface area contributed by atoms with Gasteiger partial charge in [-0.2, -0.15) is 0 Å². The Morgan fingerprint density at radius 3 is 2.07 bits per heavy atom. The summed E-state index contributed by atoms with van der Waals surface area (Å²) in [7, 11) is 0. The maximum atomic E-state index is 12.3. The summed E-state index contributed by atoms with van der Waals surface area (Å²) >= 11 is 0. The predicted octanol–water partition coefficient (Wildman–Crippen LogP) is 2.82. The largest absolute Gasteiger partial charge is 0.337 e. The van der Waals surface area contributed by atoms with Crippen LogP contribution in [0.1, 0.15) is 52.9 Å². The molecular weight excluding hydrogens is 186 g/mol. The van der Waals surface area contributed by atoms with Crippen molar-refractivity contribution in [3.8, 4) is 0 Å². The highest BCUT2D eigenvalue weighted by atomic mass is 16.2. The maximum Gasteiger partial charge on any atom is 0.226 e. The van der Waals surface area contributed by atoms with Crippen molar-refractivity contribution >= 4 is 5.91 Å². The van der Waals surface area contributed by atoms with E-state index in [0.29, 0.717) is 29.8 Å². The normalized spacial score (nSPS) is 23.7. The first-order valence-electron chi connectivity index (χ1n) is 6.43. The Labute approximate surface area is 93.0 Å². The Balaban J connectivity index is 2.01. The lowest BCUT2D eigenvalue weighted by Crippen LogP contribution is -2.47. The first kappa shape index (κ1) is 11.0. The molecule has 0 heterocycles. The molecule has 0 aromatic carbocycles. The monoisotopic (exact) mass is 209 g/mol. The van der Waals surface area contributed by atoms with E-state index in [2.05, 4.69) is 25.7 Å². The maximum absolute atomic E-state index is 12.3. The molecule has 0 N–H and O–H groups in total. The minimum absolute atomic E-state index is 0.367. The van der Waals surface area contributed by atoms with Gasteiger partial charge in [0.25, 0.3) is 0 Å². The van der Waals surface area contributed by atoms with Crippen LogP contribution in [-0.2, 0) is 4.79 Å². The van der Waals surface area contributed by atoms with Gasteiger partial charge in [0.05, 0.1) is 0 Å². The van der Waals surface area contributed by atoms with Crippen molar-refractivity contribution in [2.24, 2.45) is 11.8 Å². The van der Waals surface area contributed by atoms with Gasteiger partial charge in [-0.1, -0.05) is 20.3 Å². The molecule has 1 atom stereocenters. The van der Waals surface area contributed by atoms with Crippen LogP contribution < -0.4 is 0 Å². The number of hydrogen-bond acceptors (Lipinski definition) is 1. The fourth-order valence-electron chi connectivity index (χ4n) is 2.25. The van der Waals surface area contributed by atoms with Crippen molar-refractivity contribution < 1.29 is 4.79 Å². The molecule has 2 rings (SSSR count). The van der Waals surface area contributed by atoms with Gasteiger partial charge in [0.2, 0.25) is 5.91 Å². The molecule has 0 aromatic heterocycles. The molecule has 2 heteroatoms. The quantitative estimate of drug-likeness (QED) is 0.697. The van der Waals surface area contributed by atoms with E-state index >= 15 is 0 Å². The second kappa shape index (κ2) is 4.15. The lowest BCUT2D eigenvalue weighted by Gasteiger charge is -2.37. The van der Waals surface area contributed by atoms with Crippen LogP contribution in [0.2, 0.25) is 0 Å². The molecule has 0 aliphatic heterocycles. The molecular formula is C13H23NO. The first-order valence-corrected chi connectivity index (χ1v) is 6.43. The molecule has 2 fully saturated rings. The van der Waals surface area contributed by atoms with Gasteiger partial charge < -0.3 is 4.90 Å². The molecule has 2 saturated carbocycles. The molecule has 86 valence electrons. The highest BCUT2D eigenvalue weighted by Gasteiger charge is 2.40. The lowest BCUT2D eigenvalue weighted by atomic mass is 9.83. The zero-order chi connectivity index (χ0) is 11.0. The van der Waals surface area contributed by atoms with Gasteiger partial charge >= 0.3 is 0 Å². The Kier molecular flexibility index (Phi) is 3.03. The van der Waals surface area contributed by atoms with Crippen molar-refractivity contribution in [1.82, 2.24) is 4.90 Å². The summed E-state index contributed by atoms with van der Waals surface area (Å²) in [5, 5.41) is 0. The molecule has 0 aromatic rings. The van der Waals surface area contributed by atoms with E-state index < -0.39 is 0 Å². The number of hydrogen-bond donors (Lipinski definition) is 0. The van der Waals surface area contributed by atoms with Crippen LogP contribution in [0, 0.1) is 11.8 Å². The highest BCUT2D eigenvalue weighted by Crippen LogP contribution is 2.36. The average molecular weight is 209 g/mol. The van der Waals surface area contributed by atoms with E-state index in [1.54, 1.807) is 0 Å². The molecule has 0 saturated heterocycles. The highest BCUT2D eigenvalue weighted by molar-refractivity contribution is 5.80. The van der Waals surface area contributed by atoms with E-state index in [1.165, 1.54) is 19.3 Å². The standard InChI is InChI=1S/C13H23NO/c1-9(2)10(3)14(12-7-8-12)13(15)11-5-4-6-11/h9-12H,4-8H2,1-3H3. The van der Waals surface area contributed by atoms with Gasteiger partial charge in [-0.05, 0) is 38.5 Å². The number of rotatable bonds is 4. The molecule has 1 unspecified atom stereocenters. The second-order valence-electron chi connectivity index (χ2n) is 5.59. The van der Waals surface area contributed by atoms with E-state index in [9.17, 15) is 4.79 Å². The van der Waals surface area contributed by atoms with Crippen LogP contribution in [0.3, 0.4) is 0 Å². The van der Waals surface area contributed by atoms with Crippen LogP contribution in [0.15, 0.2) is 0 Å². The van der Waals surface area contributed by atoms with Crippen molar-refractivity contribution in [3.63, 3.8) is 0 Å². The van der Waals surface area contributed by atoms with Gasteiger partial charge in [0, 0.05) is 18.0 Å². The number of nitrogens with zero attached hydrogens (tertiary/aromatic N) is 1. The fraction of sp³-hybridized carbons (Fsp3) is 0.923. The zero-order valence-electron chi connectivity index (χ0n) is 10.2. The SMILES string of the molecule is CC(C)C(C)N(C(=O)C1CCC1)C1CC1. The summed E-state index contributed by atoms with van der Waals surface area (Å²) in [5.74, 6) is 1.39. The lowest BCUT2D eigenvalue weighted by molar-refractivity contribution is -0.141. The van der Waals surface area contributed by atoms with Crippen LogP contribution in [-0.4, -0.2) is 22.9 Å². The average Bonchev–Trinajstić information content (AvgIpc) is 2.84. The Morgan fingerprint density at radius 1 is 1.13 bits per heavy atom. The van der Waals surface area contributed by atoms with Gasteiger partial charge in [-0.25, -0.2) is 0 Å². The molecule has 1 amide bonds. The molecule has 2 nitrogen and oxygen atoms in total. The van der Waals surface area contributed by atoms with Crippen LogP contribution >= 0.6 is 0 Å². The first-order chi connectivity index (χ1) is 7.11. The minimum Gasteiger partial charge on any atom is -0.337 e. The molecule has 0 bridgehead atoms. The number of carbonyl (C=O) groups excluding carboxylic acids is 1. The van der Waals surface area contributed by atoms with Crippen LogP contribution in [0.4, 0.5) is 0 Å². The minimum atomic E-state index is 0.367. The predicted molar refractivity (Wildman–Crippen MR) is 61.5 cm³/mol. The smallest absolute Gasteiger partial charge is 0.226 e. The Morgan fingerprint density at radius 2 is 1.73 bits per heavy atom. The summed E-state index contributed by atoms with van der Waals surface area (Å²) in [6.07, 6.45) is 5.98. The second-order valence-corrected chi connectivity index (χ2v) is 5.59. The molecule has 0 radical (unpaired) electrons. The van der Waals surface area contributed by atoms with Crippen molar-refractivity contribution in [2.45, 2.75) is 65.0 Å². The third-order valence-electron chi connectivity index (χ3n) is 4.05. The molecule has 2 aliphatic rings. The summed E-state index contributed by atoms with van der Waals surface area (Å²) in [6.45, 7) is 6.64. The van der Waals surface area contributed by atoms with Crippen molar-refractivity contribution in [1.29, 1.82) is 0 Å². The van der Waals surface area contributed by atoms with Crippen molar-refractivity contribution in [3.05, 3.63) is 0 Å². The summed E-state index contributed by atoms with van der Waals surface area (Å²) in [4.78, 5) is 14.5. The number of carbonyl (C=O) groups is 1. The van der Waals surface area contributed by atoms with Gasteiger partial charge in [0.15, 0.2) is 0 Å². The van der Waals surface area contributed by atoms with E-state index in [-0.39, 0.29) is 0 Å². The third-order valence-corrected chi connectivity index (χ3v) is 4.05. The number of amides is 1. The van der Waals surface area contributed by atoms with Gasteiger partial charge in [-0.15, -0.1) is 0 Å². The van der Waals surface area contributed by atoms with Crippen LogP contribution in [0.25, 0.3) is 0 Å². The molecule has 15 heavy (non-hydrogen) atoms. The summed E-state index contributed by atoms with van der Waals surface area (Å²) < 4.78 is 0.